The van der Waals surface area contributed by atoms with Crippen molar-refractivity contribution in [2.45, 2.75) is 32.0 Å². The molecule has 0 radical (unpaired) electrons. The van der Waals surface area contributed by atoms with Crippen LogP contribution < -0.4 is 5.73 Å². The SMILES string of the molecule is CCN1CCCC1N1CC(CN)OCC1=O. The third-order valence-electron chi connectivity index (χ3n) is 3.52. The largest absolute Gasteiger partial charge is 0.365 e. The van der Waals surface area contributed by atoms with Crippen LogP contribution in [0.15, 0.2) is 0 Å². The molecule has 2 fully saturated rings. The van der Waals surface area contributed by atoms with Crippen LogP contribution in [-0.2, 0) is 9.53 Å². The zero-order chi connectivity index (χ0) is 11.5. The Morgan fingerprint density at radius 1 is 1.56 bits per heavy atom. The maximum absolute atomic E-state index is 11.8. The number of hydrogen-bond donors (Lipinski definition) is 1. The Morgan fingerprint density at radius 2 is 2.38 bits per heavy atom. The van der Waals surface area contributed by atoms with Gasteiger partial charge in [0, 0.05) is 19.6 Å². The number of rotatable bonds is 3. The number of carbonyl (C=O) groups excluding carboxylic acids is 1. The third-order valence-corrected chi connectivity index (χ3v) is 3.52. The van der Waals surface area contributed by atoms with E-state index in [1.807, 2.05) is 4.90 Å². The van der Waals surface area contributed by atoms with Crippen LogP contribution in [0.3, 0.4) is 0 Å². The van der Waals surface area contributed by atoms with E-state index in [1.165, 1.54) is 6.42 Å². The van der Waals surface area contributed by atoms with E-state index in [0.29, 0.717) is 13.1 Å². The van der Waals surface area contributed by atoms with Gasteiger partial charge in [0.25, 0.3) is 0 Å². The molecule has 5 heteroatoms. The summed E-state index contributed by atoms with van der Waals surface area (Å²) in [4.78, 5) is 16.2. The van der Waals surface area contributed by atoms with Crippen molar-refractivity contribution in [2.75, 3.05) is 32.8 Å². The first-order chi connectivity index (χ1) is 7.76. The number of amides is 1. The molecule has 0 spiro atoms. The molecule has 2 rings (SSSR count). The summed E-state index contributed by atoms with van der Waals surface area (Å²) in [7, 11) is 0. The molecular formula is C11H21N3O2. The fourth-order valence-corrected chi connectivity index (χ4v) is 2.61. The lowest BCUT2D eigenvalue weighted by atomic mass is 10.2. The van der Waals surface area contributed by atoms with E-state index in [1.54, 1.807) is 0 Å². The molecule has 0 aromatic heterocycles. The van der Waals surface area contributed by atoms with Crippen molar-refractivity contribution in [3.8, 4) is 0 Å². The molecule has 2 aliphatic rings. The standard InChI is InChI=1S/C11H21N3O2/c1-2-13-5-3-4-10(13)14-7-9(6-12)16-8-11(14)15/h9-10H,2-8,12H2,1H3. The van der Waals surface area contributed by atoms with Crippen molar-refractivity contribution in [2.24, 2.45) is 5.73 Å². The van der Waals surface area contributed by atoms with Crippen molar-refractivity contribution in [3.05, 3.63) is 0 Å². The molecule has 5 nitrogen and oxygen atoms in total. The molecule has 0 bridgehead atoms. The van der Waals surface area contributed by atoms with E-state index < -0.39 is 0 Å². The fraction of sp³-hybridized carbons (Fsp3) is 0.909. The van der Waals surface area contributed by atoms with Crippen molar-refractivity contribution in [3.63, 3.8) is 0 Å². The Bertz CT molecular complexity index is 260. The summed E-state index contributed by atoms with van der Waals surface area (Å²) in [5, 5.41) is 0. The summed E-state index contributed by atoms with van der Waals surface area (Å²) < 4.78 is 5.36. The van der Waals surface area contributed by atoms with Crippen molar-refractivity contribution >= 4 is 5.91 Å². The number of nitrogens with two attached hydrogens (primary N) is 1. The first-order valence-electron chi connectivity index (χ1n) is 6.11. The van der Waals surface area contributed by atoms with Gasteiger partial charge in [-0.3, -0.25) is 9.69 Å². The van der Waals surface area contributed by atoms with Gasteiger partial charge >= 0.3 is 0 Å². The number of morpholine rings is 1. The first kappa shape index (κ1) is 11.8. The maximum Gasteiger partial charge on any atom is 0.249 e. The van der Waals surface area contributed by atoms with Gasteiger partial charge in [-0.05, 0) is 19.4 Å². The summed E-state index contributed by atoms with van der Waals surface area (Å²) in [6.07, 6.45) is 2.54. The molecule has 2 heterocycles. The van der Waals surface area contributed by atoms with Crippen LogP contribution in [0.5, 0.6) is 0 Å². The van der Waals surface area contributed by atoms with Crippen molar-refractivity contribution in [1.82, 2.24) is 9.80 Å². The van der Waals surface area contributed by atoms with Crippen LogP contribution in [0.1, 0.15) is 19.8 Å². The van der Waals surface area contributed by atoms with Gasteiger partial charge in [-0.15, -0.1) is 0 Å². The lowest BCUT2D eigenvalue weighted by molar-refractivity contribution is -0.156. The Labute approximate surface area is 96.5 Å². The zero-order valence-electron chi connectivity index (χ0n) is 9.89. The molecule has 16 heavy (non-hydrogen) atoms. The van der Waals surface area contributed by atoms with E-state index in [2.05, 4.69) is 11.8 Å². The molecule has 0 aromatic carbocycles. The summed E-state index contributed by atoms with van der Waals surface area (Å²) in [6, 6.07) is 0. The molecular weight excluding hydrogens is 206 g/mol. The molecule has 92 valence electrons. The monoisotopic (exact) mass is 227 g/mol. The average molecular weight is 227 g/mol. The number of nitrogens with zero attached hydrogens (tertiary/aromatic N) is 2. The quantitative estimate of drug-likeness (QED) is 0.713. The average Bonchev–Trinajstić information content (AvgIpc) is 2.77. The second kappa shape index (κ2) is 5.12. The smallest absolute Gasteiger partial charge is 0.249 e. The van der Waals surface area contributed by atoms with Crippen molar-refractivity contribution < 1.29 is 9.53 Å². The predicted octanol–water partition coefficient (Wildman–Crippen LogP) is -0.386. The molecule has 2 saturated heterocycles. The van der Waals surface area contributed by atoms with E-state index >= 15 is 0 Å². The Kier molecular flexibility index (Phi) is 3.78. The van der Waals surface area contributed by atoms with Crippen LogP contribution in [0, 0.1) is 0 Å². The van der Waals surface area contributed by atoms with Gasteiger partial charge in [0.1, 0.15) is 6.61 Å². The van der Waals surface area contributed by atoms with E-state index in [0.717, 1.165) is 19.5 Å². The first-order valence-corrected chi connectivity index (χ1v) is 6.11. The highest BCUT2D eigenvalue weighted by molar-refractivity contribution is 5.78. The number of likely N-dealkylation sites (tertiary alicyclic amines) is 1. The summed E-state index contributed by atoms with van der Waals surface area (Å²) in [6.45, 7) is 5.57. The lowest BCUT2D eigenvalue weighted by Crippen LogP contribution is -2.56. The molecule has 0 aliphatic carbocycles. The number of carbonyl (C=O) groups is 1. The number of ether oxygens (including phenoxy) is 1. The number of hydrogen-bond acceptors (Lipinski definition) is 4. The molecule has 0 aromatic rings. The van der Waals surface area contributed by atoms with Gasteiger partial charge in [-0.25, -0.2) is 0 Å². The van der Waals surface area contributed by atoms with Crippen LogP contribution in [0.25, 0.3) is 0 Å². The molecule has 2 N–H and O–H groups in total. The second-order valence-electron chi connectivity index (χ2n) is 4.47. The van der Waals surface area contributed by atoms with E-state index in [9.17, 15) is 4.79 Å². The second-order valence-corrected chi connectivity index (χ2v) is 4.47. The van der Waals surface area contributed by atoms with Gasteiger partial charge in [0.15, 0.2) is 0 Å². The van der Waals surface area contributed by atoms with Gasteiger partial charge < -0.3 is 15.4 Å². The van der Waals surface area contributed by atoms with Crippen LogP contribution in [-0.4, -0.2) is 60.8 Å². The van der Waals surface area contributed by atoms with E-state index in [4.69, 9.17) is 10.5 Å². The van der Waals surface area contributed by atoms with Gasteiger partial charge in [0.2, 0.25) is 5.91 Å². The molecule has 2 unspecified atom stereocenters. The maximum atomic E-state index is 11.8. The predicted molar refractivity (Wildman–Crippen MR) is 60.8 cm³/mol. The van der Waals surface area contributed by atoms with Gasteiger partial charge in [0.05, 0.1) is 12.3 Å². The third kappa shape index (κ3) is 2.21. The minimum absolute atomic E-state index is 0.0111. The fourth-order valence-electron chi connectivity index (χ4n) is 2.61. The summed E-state index contributed by atoms with van der Waals surface area (Å²) >= 11 is 0. The summed E-state index contributed by atoms with van der Waals surface area (Å²) in [5.74, 6) is 0.107. The van der Waals surface area contributed by atoms with Crippen LogP contribution in [0.4, 0.5) is 0 Å². The Morgan fingerprint density at radius 3 is 3.06 bits per heavy atom. The van der Waals surface area contributed by atoms with Crippen LogP contribution in [0.2, 0.25) is 0 Å². The highest BCUT2D eigenvalue weighted by atomic mass is 16.5. The molecule has 0 saturated carbocycles. The molecule has 2 aliphatic heterocycles. The van der Waals surface area contributed by atoms with Gasteiger partial charge in [-0.1, -0.05) is 6.92 Å². The normalized spacial score (nSPS) is 32.4. The lowest BCUT2D eigenvalue weighted by Gasteiger charge is -2.39. The highest BCUT2D eigenvalue weighted by Gasteiger charge is 2.35. The Hall–Kier alpha value is -0.650. The minimum atomic E-state index is 0.0111. The van der Waals surface area contributed by atoms with Crippen molar-refractivity contribution in [1.29, 1.82) is 0 Å². The zero-order valence-corrected chi connectivity index (χ0v) is 9.89. The van der Waals surface area contributed by atoms with Gasteiger partial charge in [-0.2, -0.15) is 0 Å². The topological polar surface area (TPSA) is 58.8 Å². The summed E-state index contributed by atoms with van der Waals surface area (Å²) in [5.41, 5.74) is 5.60. The molecule has 2 atom stereocenters. The van der Waals surface area contributed by atoms with E-state index in [-0.39, 0.29) is 24.8 Å². The Balaban J connectivity index is 2.02. The highest BCUT2D eigenvalue weighted by Crippen LogP contribution is 2.22. The minimum Gasteiger partial charge on any atom is -0.365 e. The van der Waals surface area contributed by atoms with Crippen LogP contribution >= 0.6 is 0 Å². The molecule has 1 amide bonds.